The molecule has 2 aliphatic carbocycles. The van der Waals surface area contributed by atoms with Crippen molar-refractivity contribution in [3.63, 3.8) is 0 Å². The molecule has 2 bridgehead atoms. The predicted molar refractivity (Wildman–Crippen MR) is 148 cm³/mol. The number of nitrogens with zero attached hydrogens (tertiary/aromatic N) is 3. The van der Waals surface area contributed by atoms with Gasteiger partial charge in [-0.25, -0.2) is 4.98 Å². The summed E-state index contributed by atoms with van der Waals surface area (Å²) < 4.78 is 6.58. The van der Waals surface area contributed by atoms with Crippen molar-refractivity contribution in [1.82, 2.24) is 25.4 Å². The highest BCUT2D eigenvalue weighted by Gasteiger charge is 2.70. The number of hydrogen-bond acceptors (Lipinski definition) is 7. The second-order valence-electron chi connectivity index (χ2n) is 13.3. The molecule has 2 saturated carbocycles. The van der Waals surface area contributed by atoms with Gasteiger partial charge in [-0.05, 0) is 31.1 Å². The highest BCUT2D eigenvalue weighted by Crippen LogP contribution is 2.63. The van der Waals surface area contributed by atoms with Crippen molar-refractivity contribution in [2.45, 2.75) is 65.0 Å². The quantitative estimate of drug-likeness (QED) is 0.557. The van der Waals surface area contributed by atoms with Gasteiger partial charge >= 0.3 is 0 Å². The summed E-state index contributed by atoms with van der Waals surface area (Å²) in [7, 11) is 1.57. The van der Waals surface area contributed by atoms with E-state index in [1.165, 1.54) is 30.6 Å². The van der Waals surface area contributed by atoms with Gasteiger partial charge in [0.2, 0.25) is 17.7 Å². The van der Waals surface area contributed by atoms with E-state index in [1.807, 2.05) is 11.8 Å². The maximum absolute atomic E-state index is 14.0. The summed E-state index contributed by atoms with van der Waals surface area (Å²) in [6.45, 7) is 8.03. The Morgan fingerprint density at radius 1 is 1.18 bits per heavy atom. The Morgan fingerprint density at radius 3 is 2.55 bits per heavy atom. The van der Waals surface area contributed by atoms with Crippen LogP contribution in [0.5, 0.6) is 0 Å². The molecule has 0 radical (unpaired) electrons. The fourth-order valence-electron chi connectivity index (χ4n) is 7.96. The van der Waals surface area contributed by atoms with E-state index >= 15 is 0 Å². The van der Waals surface area contributed by atoms with Gasteiger partial charge in [-0.1, -0.05) is 33.1 Å². The molecule has 6 aliphatic rings. The van der Waals surface area contributed by atoms with Gasteiger partial charge in [-0.15, -0.1) is 11.3 Å². The van der Waals surface area contributed by atoms with Gasteiger partial charge in [-0.3, -0.25) is 19.2 Å². The molecule has 5 heterocycles. The molecule has 6 fully saturated rings. The van der Waals surface area contributed by atoms with Crippen LogP contribution in [0.4, 0.5) is 0 Å². The van der Waals surface area contributed by atoms with Crippen LogP contribution >= 0.6 is 11.3 Å². The molecule has 1 unspecified atom stereocenters. The third-order valence-corrected chi connectivity index (χ3v) is 11.2. The molecule has 40 heavy (non-hydrogen) atoms. The number of ether oxygens (including phenoxy) is 1. The molecule has 4 aliphatic heterocycles. The number of carbonyl (C=O) groups is 4. The summed E-state index contributed by atoms with van der Waals surface area (Å²) in [6, 6.07) is -0.917. The van der Waals surface area contributed by atoms with Crippen LogP contribution in [0.3, 0.4) is 0 Å². The van der Waals surface area contributed by atoms with Crippen LogP contribution in [0.15, 0.2) is 6.20 Å². The number of likely N-dealkylation sites (tertiary alicyclic amines) is 1. The Hall–Kier alpha value is -2.53. The molecule has 1 aromatic rings. The van der Waals surface area contributed by atoms with Crippen LogP contribution in [0, 0.1) is 41.4 Å². The Balaban J connectivity index is 1.30. The third kappa shape index (κ3) is 4.53. The van der Waals surface area contributed by atoms with E-state index in [0.29, 0.717) is 37.0 Å². The van der Waals surface area contributed by atoms with E-state index in [0.717, 1.165) is 17.8 Å². The van der Waals surface area contributed by atoms with Gasteiger partial charge in [-0.2, -0.15) is 0 Å². The summed E-state index contributed by atoms with van der Waals surface area (Å²) >= 11 is 1.34. The zero-order valence-electron chi connectivity index (χ0n) is 23.9. The number of hydrogen-bond donors (Lipinski definition) is 2. The van der Waals surface area contributed by atoms with Gasteiger partial charge in [0.1, 0.15) is 10.9 Å². The van der Waals surface area contributed by atoms with Crippen molar-refractivity contribution in [2.75, 3.05) is 39.8 Å². The zero-order valence-corrected chi connectivity index (χ0v) is 24.7. The van der Waals surface area contributed by atoms with Gasteiger partial charge < -0.3 is 25.2 Å². The van der Waals surface area contributed by atoms with Gasteiger partial charge in [0.25, 0.3) is 5.91 Å². The molecule has 0 aromatic carbocycles. The van der Waals surface area contributed by atoms with Crippen LogP contribution in [-0.4, -0.2) is 90.4 Å². The van der Waals surface area contributed by atoms with Crippen LogP contribution in [0.1, 0.15) is 60.6 Å². The lowest BCUT2D eigenvalue weighted by Gasteiger charge is -2.50. The average molecular weight is 572 g/mol. The first kappa shape index (κ1) is 27.6. The topological polar surface area (TPSA) is 121 Å². The second kappa shape index (κ2) is 10.1. The molecular weight excluding hydrogens is 530 g/mol. The predicted octanol–water partition coefficient (Wildman–Crippen LogP) is 1.83. The summed E-state index contributed by atoms with van der Waals surface area (Å²) in [4.78, 5) is 62.9. The molecule has 5 atom stereocenters. The molecule has 2 N–H and O–H groups in total. The molecule has 1 aromatic heterocycles. The van der Waals surface area contributed by atoms with Gasteiger partial charge in [0, 0.05) is 57.1 Å². The van der Waals surface area contributed by atoms with Crippen LogP contribution in [-0.2, 0) is 19.1 Å². The number of carbonyl (C=O) groups excluding carboxylic acids is 4. The average Bonchev–Trinajstić information content (AvgIpc) is 3.24. The van der Waals surface area contributed by atoms with E-state index in [9.17, 15) is 19.2 Å². The highest BCUT2D eigenvalue weighted by atomic mass is 32.1. The van der Waals surface area contributed by atoms with Gasteiger partial charge in [0.05, 0.1) is 23.2 Å². The Bertz CT molecular complexity index is 1200. The summed E-state index contributed by atoms with van der Waals surface area (Å²) in [5, 5.41) is 6.62. The van der Waals surface area contributed by atoms with Crippen molar-refractivity contribution >= 4 is 35.0 Å². The maximum Gasteiger partial charge on any atom is 0.265 e. The lowest BCUT2D eigenvalue weighted by Crippen LogP contribution is -2.65. The molecule has 218 valence electrons. The number of fused-ring (bicyclic) bond motifs is 3. The van der Waals surface area contributed by atoms with Crippen molar-refractivity contribution < 1.29 is 23.9 Å². The van der Waals surface area contributed by atoms with Crippen LogP contribution in [0.25, 0.3) is 0 Å². The van der Waals surface area contributed by atoms with E-state index in [4.69, 9.17) is 4.74 Å². The van der Waals surface area contributed by atoms with Crippen LogP contribution < -0.4 is 10.6 Å². The number of rotatable bonds is 5. The minimum atomic E-state index is -0.917. The molecular formula is C29H41N5O5S. The minimum absolute atomic E-state index is 0.0681. The molecule has 7 rings (SSSR count). The Labute approximate surface area is 239 Å². The molecule has 4 saturated heterocycles. The first-order valence-corrected chi connectivity index (χ1v) is 15.5. The number of nitrogens with one attached hydrogen (secondary N) is 2. The Kier molecular flexibility index (Phi) is 6.96. The molecule has 11 heteroatoms. The summed E-state index contributed by atoms with van der Waals surface area (Å²) in [5.74, 6) is -1.19. The number of amides is 4. The fraction of sp³-hybridized carbons (Fsp3) is 0.759. The highest BCUT2D eigenvalue weighted by molar-refractivity contribution is 7.13. The van der Waals surface area contributed by atoms with Crippen LogP contribution in [0.2, 0.25) is 0 Å². The molecule has 4 amide bonds. The number of aryl methyl sites for hydroxylation is 1. The fourth-order valence-corrected chi connectivity index (χ4v) is 8.71. The smallest absolute Gasteiger partial charge is 0.265 e. The van der Waals surface area contributed by atoms with Crippen molar-refractivity contribution in [3.8, 4) is 0 Å². The maximum atomic E-state index is 14.0. The zero-order chi connectivity index (χ0) is 28.4. The number of aromatic nitrogens is 1. The van der Waals surface area contributed by atoms with Gasteiger partial charge in [0.15, 0.2) is 0 Å². The molecule has 1 spiro atoms. The number of thiazole rings is 1. The lowest BCUT2D eigenvalue weighted by molar-refractivity contribution is -0.151. The first-order chi connectivity index (χ1) is 19.1. The van der Waals surface area contributed by atoms with Crippen molar-refractivity contribution in [1.29, 1.82) is 0 Å². The normalized spacial score (nSPS) is 32.8. The largest absolute Gasteiger partial charge is 0.375 e. The lowest BCUT2D eigenvalue weighted by atomic mass is 9.71. The second-order valence-corrected chi connectivity index (χ2v) is 14.5. The van der Waals surface area contributed by atoms with Crippen molar-refractivity contribution in [3.05, 3.63) is 16.1 Å². The number of likely N-dealkylation sites (N-methyl/N-ethyl adjacent to an activating group) is 1. The summed E-state index contributed by atoms with van der Waals surface area (Å²) in [6.07, 6.45) is 6.77. The van der Waals surface area contributed by atoms with E-state index in [1.54, 1.807) is 18.1 Å². The summed E-state index contributed by atoms with van der Waals surface area (Å²) in [5.41, 5.74) is -0.881. The van der Waals surface area contributed by atoms with Crippen molar-refractivity contribution in [2.24, 2.45) is 34.5 Å². The monoisotopic (exact) mass is 571 g/mol. The molecule has 10 nitrogen and oxygen atoms in total. The third-order valence-electron chi connectivity index (χ3n) is 10.3. The minimum Gasteiger partial charge on any atom is -0.375 e. The van der Waals surface area contributed by atoms with E-state index in [2.05, 4.69) is 29.5 Å². The first-order valence-electron chi connectivity index (χ1n) is 14.7. The SMILES string of the molecule is CNC(=O)[C@H]1NC(=O)[C@@H]2CN(C(=O)c3cnc(C)s3)CC23CN(C3)C(=O)[C@H]2C([C@H]1OCC1CCCCC1)C2(C)C. The van der Waals surface area contributed by atoms with E-state index < -0.39 is 23.5 Å². The Morgan fingerprint density at radius 2 is 1.90 bits per heavy atom. The standard InChI is InChI=1S/C29H41N5O5S/c1-16-31-10-19(40-16)26(37)33-11-18-24(35)32-22(25(36)30-4)23(39-12-17-8-6-5-7-9-17)20-21(28(20,2)3)27(38)34-14-29(18,13-33)15-34/h10,17-18,20-23H,5-9,11-15H2,1-4H3,(H,30,36)(H,32,35)/t18-,20?,21+,22-,23+/m0/s1. The van der Waals surface area contributed by atoms with E-state index in [-0.39, 0.29) is 47.4 Å².